The second kappa shape index (κ2) is 12.8. The van der Waals surface area contributed by atoms with Gasteiger partial charge in [-0.1, -0.05) is 84.1 Å². The molecule has 0 radical (unpaired) electrons. The van der Waals surface area contributed by atoms with Crippen LogP contribution in [-0.2, 0) is 4.43 Å². The Bertz CT molecular complexity index is 375. The Labute approximate surface area is 147 Å². The maximum absolute atomic E-state index is 6.55. The van der Waals surface area contributed by atoms with E-state index in [0.717, 1.165) is 5.57 Å². The van der Waals surface area contributed by atoms with E-state index in [4.69, 9.17) is 4.43 Å². The second-order valence-electron chi connectivity index (χ2n) is 7.63. The number of hydrogen-bond acceptors (Lipinski definition) is 1. The molecule has 2 atom stereocenters. The molecule has 0 aliphatic carbocycles. The molecule has 0 bridgehead atoms. The predicted molar refractivity (Wildman–Crippen MR) is 107 cm³/mol. The summed E-state index contributed by atoms with van der Waals surface area (Å²) < 4.78 is 6.55. The number of rotatable bonds is 12. The summed E-state index contributed by atoms with van der Waals surface area (Å²) in [5.74, 6) is 6.99. The van der Waals surface area contributed by atoms with Crippen LogP contribution in [-0.4, -0.2) is 14.4 Å². The third-order valence-electron chi connectivity index (χ3n) is 4.27. The Morgan fingerprint density at radius 3 is 2.22 bits per heavy atom. The van der Waals surface area contributed by atoms with Crippen LogP contribution < -0.4 is 0 Å². The highest BCUT2D eigenvalue weighted by Gasteiger charge is 2.28. The lowest BCUT2D eigenvalue weighted by molar-refractivity contribution is 0.179. The van der Waals surface area contributed by atoms with Gasteiger partial charge in [0.1, 0.15) is 6.10 Å². The van der Waals surface area contributed by atoms with Crippen LogP contribution >= 0.6 is 0 Å². The molecule has 0 saturated carbocycles. The van der Waals surface area contributed by atoms with Crippen LogP contribution in [0.5, 0.6) is 0 Å². The Kier molecular flexibility index (Phi) is 12.6. The molecule has 23 heavy (non-hydrogen) atoms. The molecule has 0 aromatic heterocycles. The van der Waals surface area contributed by atoms with Crippen LogP contribution in [0, 0.1) is 17.8 Å². The van der Waals surface area contributed by atoms with E-state index in [9.17, 15) is 0 Å². The number of unbranched alkanes of at least 4 members (excludes halogenated alkanes) is 5. The SMILES string of the molecule is C=C(C)C#CC(O[Si](C)(C)CCCCCCCC)C(C)CCC. The average Bonchev–Trinajstić information content (AvgIpc) is 2.47. The first-order valence-corrected chi connectivity index (χ1v) is 12.8. The zero-order chi connectivity index (χ0) is 17.7. The van der Waals surface area contributed by atoms with Gasteiger partial charge in [0, 0.05) is 0 Å². The molecule has 0 amide bonds. The minimum Gasteiger partial charge on any atom is -0.404 e. The zero-order valence-electron chi connectivity index (χ0n) is 16.6. The molecule has 0 aromatic rings. The van der Waals surface area contributed by atoms with Crippen molar-refractivity contribution in [1.82, 2.24) is 0 Å². The second-order valence-corrected chi connectivity index (χ2v) is 11.9. The van der Waals surface area contributed by atoms with Gasteiger partial charge in [-0.2, -0.15) is 0 Å². The van der Waals surface area contributed by atoms with Crippen LogP contribution in [0.4, 0.5) is 0 Å². The lowest BCUT2D eigenvalue weighted by Gasteiger charge is -2.30. The molecule has 0 aliphatic heterocycles. The Morgan fingerprint density at radius 2 is 1.65 bits per heavy atom. The van der Waals surface area contributed by atoms with E-state index in [1.54, 1.807) is 0 Å². The van der Waals surface area contributed by atoms with Crippen LogP contribution in [0.1, 0.15) is 79.1 Å². The molecular formula is C21H40OSi. The topological polar surface area (TPSA) is 9.23 Å². The standard InChI is InChI=1S/C21H40OSi/c1-8-10-11-12-13-14-18-23(6,7)22-21(17-16-19(3)4)20(5)15-9-2/h20-21H,3,8-15,18H2,1-2,4-7H3. The molecule has 0 fully saturated rings. The molecule has 134 valence electrons. The smallest absolute Gasteiger partial charge is 0.188 e. The van der Waals surface area contributed by atoms with Crippen LogP contribution in [0.15, 0.2) is 12.2 Å². The number of allylic oxidation sites excluding steroid dienone is 1. The van der Waals surface area contributed by atoms with Crippen molar-refractivity contribution >= 4 is 8.32 Å². The van der Waals surface area contributed by atoms with E-state index in [0.29, 0.717) is 5.92 Å². The summed E-state index contributed by atoms with van der Waals surface area (Å²) in [5, 5.41) is 0. The van der Waals surface area contributed by atoms with Crippen LogP contribution in [0.25, 0.3) is 0 Å². The fraction of sp³-hybridized carbons (Fsp3) is 0.810. The summed E-state index contributed by atoms with van der Waals surface area (Å²) in [6.45, 7) is 17.4. The fourth-order valence-electron chi connectivity index (χ4n) is 2.82. The first kappa shape index (κ1) is 22.5. The van der Waals surface area contributed by atoms with Gasteiger partial charge in [-0.25, -0.2) is 0 Å². The molecule has 1 nitrogen and oxygen atoms in total. The van der Waals surface area contributed by atoms with E-state index in [2.05, 4.69) is 52.3 Å². The van der Waals surface area contributed by atoms with Gasteiger partial charge in [0.15, 0.2) is 8.32 Å². The average molecular weight is 337 g/mol. The summed E-state index contributed by atoms with van der Waals surface area (Å²) in [4.78, 5) is 0. The third kappa shape index (κ3) is 12.6. The Balaban J connectivity index is 4.45. The van der Waals surface area contributed by atoms with Crippen molar-refractivity contribution in [2.45, 2.75) is 104 Å². The molecule has 0 heterocycles. The lowest BCUT2D eigenvalue weighted by atomic mass is 10.00. The van der Waals surface area contributed by atoms with Gasteiger partial charge >= 0.3 is 0 Å². The Morgan fingerprint density at radius 1 is 1.04 bits per heavy atom. The molecule has 0 aromatic carbocycles. The first-order chi connectivity index (χ1) is 10.8. The first-order valence-electron chi connectivity index (χ1n) is 9.67. The molecule has 0 saturated heterocycles. The lowest BCUT2D eigenvalue weighted by Crippen LogP contribution is -2.37. The maximum atomic E-state index is 6.55. The monoisotopic (exact) mass is 336 g/mol. The van der Waals surface area contributed by atoms with Crippen molar-refractivity contribution in [3.05, 3.63) is 12.2 Å². The quantitative estimate of drug-likeness (QED) is 0.213. The van der Waals surface area contributed by atoms with E-state index in [1.807, 2.05) is 6.92 Å². The van der Waals surface area contributed by atoms with E-state index >= 15 is 0 Å². The highest BCUT2D eigenvalue weighted by molar-refractivity contribution is 6.71. The van der Waals surface area contributed by atoms with Gasteiger partial charge in [-0.3, -0.25) is 0 Å². The highest BCUT2D eigenvalue weighted by atomic mass is 28.4. The predicted octanol–water partition coefficient (Wildman–Crippen LogP) is 6.95. The molecular weight excluding hydrogens is 296 g/mol. The van der Waals surface area contributed by atoms with Gasteiger partial charge in [-0.05, 0) is 44.0 Å². The van der Waals surface area contributed by atoms with Crippen LogP contribution in [0.2, 0.25) is 19.1 Å². The van der Waals surface area contributed by atoms with Gasteiger partial charge in [0.25, 0.3) is 0 Å². The summed E-state index contributed by atoms with van der Waals surface area (Å²) >= 11 is 0. The molecule has 0 N–H and O–H groups in total. The fourth-order valence-corrected chi connectivity index (χ4v) is 5.02. The zero-order valence-corrected chi connectivity index (χ0v) is 17.6. The molecule has 2 heteroatoms. The summed E-state index contributed by atoms with van der Waals surface area (Å²) in [5.41, 5.74) is 0.928. The van der Waals surface area contributed by atoms with E-state index in [-0.39, 0.29) is 6.10 Å². The maximum Gasteiger partial charge on any atom is 0.188 e. The van der Waals surface area contributed by atoms with Crippen molar-refractivity contribution in [2.24, 2.45) is 5.92 Å². The van der Waals surface area contributed by atoms with Gasteiger partial charge in [-0.15, -0.1) is 0 Å². The van der Waals surface area contributed by atoms with Crippen LogP contribution in [0.3, 0.4) is 0 Å². The van der Waals surface area contributed by atoms with E-state index < -0.39 is 8.32 Å². The van der Waals surface area contributed by atoms with Crippen molar-refractivity contribution in [2.75, 3.05) is 0 Å². The minimum absolute atomic E-state index is 0.0772. The summed E-state index contributed by atoms with van der Waals surface area (Å²) in [7, 11) is -1.63. The molecule has 0 aliphatic rings. The molecule has 0 spiro atoms. The van der Waals surface area contributed by atoms with Crippen molar-refractivity contribution in [3.8, 4) is 11.8 Å². The van der Waals surface area contributed by atoms with Crippen molar-refractivity contribution < 1.29 is 4.43 Å². The molecule has 2 unspecified atom stereocenters. The van der Waals surface area contributed by atoms with Crippen molar-refractivity contribution in [3.63, 3.8) is 0 Å². The van der Waals surface area contributed by atoms with Gasteiger partial charge in [0.2, 0.25) is 0 Å². The van der Waals surface area contributed by atoms with E-state index in [1.165, 1.54) is 57.4 Å². The largest absolute Gasteiger partial charge is 0.404 e. The summed E-state index contributed by atoms with van der Waals surface area (Å²) in [6.07, 6.45) is 10.6. The van der Waals surface area contributed by atoms with Gasteiger partial charge in [0.05, 0.1) is 0 Å². The van der Waals surface area contributed by atoms with Crippen molar-refractivity contribution in [1.29, 1.82) is 0 Å². The highest BCUT2D eigenvalue weighted by Crippen LogP contribution is 2.23. The Hall–Kier alpha value is -0.523. The number of hydrogen-bond donors (Lipinski definition) is 0. The third-order valence-corrected chi connectivity index (χ3v) is 6.72. The molecule has 0 rings (SSSR count). The minimum atomic E-state index is -1.63. The summed E-state index contributed by atoms with van der Waals surface area (Å²) in [6, 6.07) is 1.25. The normalized spacial score (nSPS) is 14.0. The van der Waals surface area contributed by atoms with Gasteiger partial charge < -0.3 is 4.43 Å².